The van der Waals surface area contributed by atoms with E-state index in [9.17, 15) is 4.79 Å². The van der Waals surface area contributed by atoms with Crippen molar-refractivity contribution >= 4 is 23.5 Å². The number of rotatable bonds is 3. The fourth-order valence-corrected chi connectivity index (χ4v) is 1.66. The van der Waals surface area contributed by atoms with Gasteiger partial charge in [-0.15, -0.1) is 0 Å². The monoisotopic (exact) mass is 267 g/mol. The van der Waals surface area contributed by atoms with E-state index in [1.54, 1.807) is 25.1 Å². The van der Waals surface area contributed by atoms with Crippen molar-refractivity contribution in [3.63, 3.8) is 0 Å². The minimum Gasteiger partial charge on any atom is -0.397 e. The number of nitrogens with zero attached hydrogens (tertiary/aromatic N) is 1. The predicted molar refractivity (Wildman–Crippen MR) is 82.2 cm³/mol. The second-order valence-corrected chi connectivity index (χ2v) is 4.60. The molecule has 0 radical (unpaired) electrons. The van der Waals surface area contributed by atoms with E-state index in [-0.39, 0.29) is 5.91 Å². The smallest absolute Gasteiger partial charge is 0.249 e. The summed E-state index contributed by atoms with van der Waals surface area (Å²) in [4.78, 5) is 16.0. The van der Waals surface area contributed by atoms with Crippen LogP contribution in [0.3, 0.4) is 0 Å². The quantitative estimate of drug-likeness (QED) is 0.840. The number of benzene rings is 1. The standard InChI is InChI=1S/C16H17N3O/c1-11-3-5-13(6-4-11)7-10-16(20)19-15-9-8-14(17)12(2)18-15/h3-10H,17H2,1-2H3,(H,18,19,20)/b10-7+. The van der Waals surface area contributed by atoms with Gasteiger partial charge in [0.15, 0.2) is 0 Å². The third-order valence-electron chi connectivity index (χ3n) is 2.88. The van der Waals surface area contributed by atoms with Crippen LogP contribution >= 0.6 is 0 Å². The van der Waals surface area contributed by atoms with Crippen molar-refractivity contribution in [1.29, 1.82) is 0 Å². The van der Waals surface area contributed by atoms with Crippen LogP contribution in [-0.2, 0) is 4.79 Å². The van der Waals surface area contributed by atoms with Crippen molar-refractivity contribution in [1.82, 2.24) is 4.98 Å². The Morgan fingerprint density at radius 3 is 2.50 bits per heavy atom. The number of nitrogens with one attached hydrogen (secondary N) is 1. The Hall–Kier alpha value is -2.62. The van der Waals surface area contributed by atoms with Crippen LogP contribution in [0.25, 0.3) is 6.08 Å². The van der Waals surface area contributed by atoms with Gasteiger partial charge in [-0.2, -0.15) is 0 Å². The number of pyridine rings is 1. The van der Waals surface area contributed by atoms with Crippen LogP contribution < -0.4 is 11.1 Å². The number of hydrogen-bond donors (Lipinski definition) is 2. The molecule has 0 saturated heterocycles. The molecule has 20 heavy (non-hydrogen) atoms. The van der Waals surface area contributed by atoms with E-state index >= 15 is 0 Å². The molecule has 1 amide bonds. The molecular weight excluding hydrogens is 250 g/mol. The Morgan fingerprint density at radius 1 is 1.15 bits per heavy atom. The van der Waals surface area contributed by atoms with Gasteiger partial charge in [0.2, 0.25) is 5.91 Å². The lowest BCUT2D eigenvalue weighted by atomic mass is 10.1. The topological polar surface area (TPSA) is 68.0 Å². The van der Waals surface area contributed by atoms with Gasteiger partial charge < -0.3 is 11.1 Å². The first kappa shape index (κ1) is 13.8. The van der Waals surface area contributed by atoms with Gasteiger partial charge in [0.1, 0.15) is 5.82 Å². The SMILES string of the molecule is Cc1ccc(/C=C/C(=O)Nc2ccc(N)c(C)n2)cc1. The molecule has 0 atom stereocenters. The molecule has 0 aliphatic heterocycles. The maximum Gasteiger partial charge on any atom is 0.249 e. The van der Waals surface area contributed by atoms with E-state index in [0.29, 0.717) is 17.2 Å². The van der Waals surface area contributed by atoms with Crippen LogP contribution in [0.15, 0.2) is 42.5 Å². The fourth-order valence-electron chi connectivity index (χ4n) is 1.66. The second-order valence-electron chi connectivity index (χ2n) is 4.60. The molecule has 0 unspecified atom stereocenters. The number of hydrogen-bond acceptors (Lipinski definition) is 3. The maximum absolute atomic E-state index is 11.8. The van der Waals surface area contributed by atoms with Crippen LogP contribution in [0, 0.1) is 13.8 Å². The van der Waals surface area contributed by atoms with Gasteiger partial charge in [-0.05, 0) is 37.6 Å². The summed E-state index contributed by atoms with van der Waals surface area (Å²) in [6, 6.07) is 11.3. The first-order chi connectivity index (χ1) is 9.54. The maximum atomic E-state index is 11.8. The summed E-state index contributed by atoms with van der Waals surface area (Å²) < 4.78 is 0. The van der Waals surface area contributed by atoms with E-state index in [2.05, 4.69) is 10.3 Å². The number of nitrogen functional groups attached to an aromatic ring is 1. The average molecular weight is 267 g/mol. The number of aromatic nitrogens is 1. The zero-order chi connectivity index (χ0) is 14.5. The number of nitrogens with two attached hydrogens (primary N) is 1. The zero-order valence-electron chi connectivity index (χ0n) is 11.6. The van der Waals surface area contributed by atoms with Crippen LogP contribution in [0.1, 0.15) is 16.8 Å². The zero-order valence-corrected chi connectivity index (χ0v) is 11.6. The van der Waals surface area contributed by atoms with E-state index < -0.39 is 0 Å². The Balaban J connectivity index is 2.01. The first-order valence-electron chi connectivity index (χ1n) is 6.33. The van der Waals surface area contributed by atoms with E-state index in [1.807, 2.05) is 31.2 Å². The number of carbonyl (C=O) groups is 1. The molecular formula is C16H17N3O. The molecule has 0 bridgehead atoms. The number of aryl methyl sites for hydroxylation is 2. The third-order valence-corrected chi connectivity index (χ3v) is 2.88. The number of amides is 1. The largest absolute Gasteiger partial charge is 0.397 e. The molecule has 2 rings (SSSR count). The highest BCUT2D eigenvalue weighted by Gasteiger charge is 2.01. The molecule has 2 aromatic rings. The van der Waals surface area contributed by atoms with Crippen molar-refractivity contribution in [2.75, 3.05) is 11.1 Å². The van der Waals surface area contributed by atoms with Gasteiger partial charge in [0.25, 0.3) is 0 Å². The van der Waals surface area contributed by atoms with Gasteiger partial charge in [-0.3, -0.25) is 4.79 Å². The highest BCUT2D eigenvalue weighted by molar-refractivity contribution is 6.01. The predicted octanol–water partition coefficient (Wildman–Crippen LogP) is 2.93. The molecule has 102 valence electrons. The summed E-state index contributed by atoms with van der Waals surface area (Å²) in [7, 11) is 0. The Kier molecular flexibility index (Phi) is 4.15. The molecule has 0 spiro atoms. The summed E-state index contributed by atoms with van der Waals surface area (Å²) in [5, 5.41) is 2.70. The summed E-state index contributed by atoms with van der Waals surface area (Å²) in [5.74, 6) is 0.275. The van der Waals surface area contributed by atoms with Crippen LogP contribution in [0.4, 0.5) is 11.5 Å². The van der Waals surface area contributed by atoms with E-state index in [0.717, 1.165) is 5.56 Å². The highest BCUT2D eigenvalue weighted by atomic mass is 16.1. The Labute approximate surface area is 118 Å². The van der Waals surface area contributed by atoms with Crippen molar-refractivity contribution in [2.45, 2.75) is 13.8 Å². The lowest BCUT2D eigenvalue weighted by molar-refractivity contribution is -0.111. The molecule has 1 aromatic carbocycles. The molecule has 0 aliphatic carbocycles. The van der Waals surface area contributed by atoms with Gasteiger partial charge >= 0.3 is 0 Å². The molecule has 4 nitrogen and oxygen atoms in total. The van der Waals surface area contributed by atoms with E-state index in [4.69, 9.17) is 5.73 Å². The van der Waals surface area contributed by atoms with Crippen molar-refractivity contribution in [2.24, 2.45) is 0 Å². The van der Waals surface area contributed by atoms with Crippen molar-refractivity contribution < 1.29 is 4.79 Å². The Morgan fingerprint density at radius 2 is 1.85 bits per heavy atom. The van der Waals surface area contributed by atoms with Crippen molar-refractivity contribution in [3.8, 4) is 0 Å². The summed E-state index contributed by atoms with van der Waals surface area (Å²) in [6.07, 6.45) is 3.25. The summed E-state index contributed by atoms with van der Waals surface area (Å²) in [5.41, 5.74) is 9.15. The van der Waals surface area contributed by atoms with Gasteiger partial charge in [0.05, 0.1) is 11.4 Å². The van der Waals surface area contributed by atoms with Crippen LogP contribution in [0.5, 0.6) is 0 Å². The highest BCUT2D eigenvalue weighted by Crippen LogP contribution is 2.12. The molecule has 0 aliphatic rings. The fraction of sp³-hybridized carbons (Fsp3) is 0.125. The molecule has 1 aromatic heterocycles. The minimum absolute atomic E-state index is 0.220. The summed E-state index contributed by atoms with van der Waals surface area (Å²) in [6.45, 7) is 3.82. The van der Waals surface area contributed by atoms with E-state index in [1.165, 1.54) is 11.6 Å². The molecule has 4 heteroatoms. The number of carbonyl (C=O) groups excluding carboxylic acids is 1. The van der Waals surface area contributed by atoms with Crippen LogP contribution in [0.2, 0.25) is 0 Å². The summed E-state index contributed by atoms with van der Waals surface area (Å²) >= 11 is 0. The minimum atomic E-state index is -0.220. The van der Waals surface area contributed by atoms with Gasteiger partial charge in [-0.1, -0.05) is 29.8 Å². The number of anilines is 2. The van der Waals surface area contributed by atoms with Gasteiger partial charge in [-0.25, -0.2) is 4.98 Å². The molecule has 0 fully saturated rings. The second kappa shape index (κ2) is 6.02. The normalized spacial score (nSPS) is 10.7. The third kappa shape index (κ3) is 3.68. The molecule has 0 saturated carbocycles. The average Bonchev–Trinajstić information content (AvgIpc) is 2.42. The van der Waals surface area contributed by atoms with Crippen molar-refractivity contribution in [3.05, 3.63) is 59.3 Å². The van der Waals surface area contributed by atoms with Gasteiger partial charge in [0, 0.05) is 6.08 Å². The molecule has 1 heterocycles. The Bertz CT molecular complexity index is 645. The molecule has 3 N–H and O–H groups in total. The lowest BCUT2D eigenvalue weighted by Gasteiger charge is -2.04. The first-order valence-corrected chi connectivity index (χ1v) is 6.33. The van der Waals surface area contributed by atoms with Crippen LogP contribution in [-0.4, -0.2) is 10.9 Å². The lowest BCUT2D eigenvalue weighted by Crippen LogP contribution is -2.10.